The van der Waals surface area contributed by atoms with Gasteiger partial charge in [0.05, 0.1) is 12.2 Å². The molecular formula is C9H14O2. The molecule has 2 aliphatic carbocycles. The van der Waals surface area contributed by atoms with Gasteiger partial charge in [-0.3, -0.25) is 0 Å². The van der Waals surface area contributed by atoms with Crippen molar-refractivity contribution in [2.24, 2.45) is 11.3 Å². The number of aliphatic hydroxyl groups excluding tert-OH is 1. The SMILES string of the molecule is O[C@@H]1[C@H]2CCO[C@H]2C12CCC2. The molecule has 2 nitrogen and oxygen atoms in total. The zero-order chi connectivity index (χ0) is 7.47. The van der Waals surface area contributed by atoms with Gasteiger partial charge in [-0.15, -0.1) is 0 Å². The first-order valence-corrected chi connectivity index (χ1v) is 4.64. The Morgan fingerprint density at radius 2 is 2.18 bits per heavy atom. The molecule has 0 radical (unpaired) electrons. The highest BCUT2D eigenvalue weighted by molar-refractivity contribution is 5.15. The smallest absolute Gasteiger partial charge is 0.0709 e. The molecule has 11 heavy (non-hydrogen) atoms. The molecule has 1 saturated heterocycles. The lowest BCUT2D eigenvalue weighted by Crippen LogP contribution is -2.66. The van der Waals surface area contributed by atoms with E-state index in [1.165, 1.54) is 19.3 Å². The monoisotopic (exact) mass is 154 g/mol. The topological polar surface area (TPSA) is 29.5 Å². The van der Waals surface area contributed by atoms with E-state index in [1.807, 2.05) is 0 Å². The second-order valence-corrected chi connectivity index (χ2v) is 4.28. The second-order valence-electron chi connectivity index (χ2n) is 4.28. The maximum atomic E-state index is 9.81. The number of rotatable bonds is 0. The first-order chi connectivity index (χ1) is 5.34. The van der Waals surface area contributed by atoms with Crippen molar-refractivity contribution in [3.05, 3.63) is 0 Å². The summed E-state index contributed by atoms with van der Waals surface area (Å²) in [6.45, 7) is 0.883. The standard InChI is InChI=1S/C9H14O2/c10-7-6-2-5-11-8(6)9(7)3-1-4-9/h6-8,10H,1-5H2/t6-,7-,8-/m1/s1. The van der Waals surface area contributed by atoms with Crippen LogP contribution < -0.4 is 0 Å². The van der Waals surface area contributed by atoms with E-state index in [4.69, 9.17) is 4.74 Å². The predicted octanol–water partition coefficient (Wildman–Crippen LogP) is 0.936. The van der Waals surface area contributed by atoms with Gasteiger partial charge in [0.2, 0.25) is 0 Å². The van der Waals surface area contributed by atoms with Gasteiger partial charge in [-0.2, -0.15) is 0 Å². The predicted molar refractivity (Wildman–Crippen MR) is 40.1 cm³/mol. The zero-order valence-corrected chi connectivity index (χ0v) is 6.62. The molecule has 3 rings (SSSR count). The van der Waals surface area contributed by atoms with Crippen molar-refractivity contribution >= 4 is 0 Å². The normalized spacial score (nSPS) is 51.5. The highest BCUT2D eigenvalue weighted by Gasteiger charge is 2.66. The van der Waals surface area contributed by atoms with Crippen LogP contribution in [0.5, 0.6) is 0 Å². The van der Waals surface area contributed by atoms with Crippen LogP contribution >= 0.6 is 0 Å². The fraction of sp³-hybridized carbons (Fsp3) is 1.00. The summed E-state index contributed by atoms with van der Waals surface area (Å²) in [6, 6.07) is 0. The summed E-state index contributed by atoms with van der Waals surface area (Å²) in [7, 11) is 0. The molecule has 3 aliphatic rings. The lowest BCUT2D eigenvalue weighted by molar-refractivity contribution is -0.235. The van der Waals surface area contributed by atoms with Crippen molar-refractivity contribution in [2.75, 3.05) is 6.61 Å². The molecule has 0 amide bonds. The molecule has 3 fully saturated rings. The van der Waals surface area contributed by atoms with Crippen LogP contribution in [0.25, 0.3) is 0 Å². The first-order valence-electron chi connectivity index (χ1n) is 4.64. The second kappa shape index (κ2) is 1.80. The van der Waals surface area contributed by atoms with Crippen LogP contribution in [0.2, 0.25) is 0 Å². The Morgan fingerprint density at radius 1 is 1.36 bits per heavy atom. The third kappa shape index (κ3) is 0.541. The Morgan fingerprint density at radius 3 is 2.82 bits per heavy atom. The van der Waals surface area contributed by atoms with E-state index in [0.29, 0.717) is 12.0 Å². The molecule has 0 unspecified atom stereocenters. The lowest BCUT2D eigenvalue weighted by atomic mass is 9.48. The Bertz CT molecular complexity index is 186. The fourth-order valence-electron chi connectivity index (χ4n) is 3.16. The summed E-state index contributed by atoms with van der Waals surface area (Å²) in [5.74, 6) is 0.496. The van der Waals surface area contributed by atoms with E-state index in [0.717, 1.165) is 13.0 Å². The summed E-state index contributed by atoms with van der Waals surface area (Å²) >= 11 is 0. The van der Waals surface area contributed by atoms with Gasteiger partial charge < -0.3 is 9.84 Å². The van der Waals surface area contributed by atoms with E-state index in [2.05, 4.69) is 0 Å². The Hall–Kier alpha value is -0.0800. The molecule has 1 aliphatic heterocycles. The van der Waals surface area contributed by atoms with Gasteiger partial charge >= 0.3 is 0 Å². The lowest BCUT2D eigenvalue weighted by Gasteiger charge is -2.60. The van der Waals surface area contributed by atoms with E-state index in [-0.39, 0.29) is 11.5 Å². The maximum Gasteiger partial charge on any atom is 0.0709 e. The van der Waals surface area contributed by atoms with Crippen molar-refractivity contribution < 1.29 is 9.84 Å². The third-order valence-corrected chi connectivity index (χ3v) is 3.98. The number of hydrogen-bond donors (Lipinski definition) is 1. The molecule has 62 valence electrons. The minimum absolute atomic E-state index is 0.0243. The van der Waals surface area contributed by atoms with Crippen LogP contribution in [0, 0.1) is 11.3 Å². The highest BCUT2D eigenvalue weighted by Crippen LogP contribution is 2.62. The van der Waals surface area contributed by atoms with E-state index >= 15 is 0 Å². The van der Waals surface area contributed by atoms with Gasteiger partial charge in [0.15, 0.2) is 0 Å². The molecule has 1 heterocycles. The molecule has 1 spiro atoms. The Kier molecular flexibility index (Phi) is 1.06. The Labute approximate surface area is 66.5 Å². The number of fused-ring (bicyclic) bond motifs is 2. The summed E-state index contributed by atoms with van der Waals surface area (Å²) in [4.78, 5) is 0. The quantitative estimate of drug-likeness (QED) is 0.562. The molecule has 3 atom stereocenters. The highest BCUT2D eigenvalue weighted by atomic mass is 16.5. The number of ether oxygens (including phenoxy) is 1. The van der Waals surface area contributed by atoms with Crippen molar-refractivity contribution in [3.63, 3.8) is 0 Å². The number of aliphatic hydroxyl groups is 1. The zero-order valence-electron chi connectivity index (χ0n) is 6.62. The molecule has 1 N–H and O–H groups in total. The van der Waals surface area contributed by atoms with Crippen LogP contribution in [0.4, 0.5) is 0 Å². The van der Waals surface area contributed by atoms with Crippen LogP contribution in [0.15, 0.2) is 0 Å². The summed E-state index contributed by atoms with van der Waals surface area (Å²) in [5, 5.41) is 9.81. The van der Waals surface area contributed by atoms with E-state index in [1.54, 1.807) is 0 Å². The molecule has 2 heteroatoms. The molecule has 0 aromatic carbocycles. The minimum atomic E-state index is -0.0243. The van der Waals surface area contributed by atoms with Crippen LogP contribution in [-0.4, -0.2) is 23.9 Å². The maximum absolute atomic E-state index is 9.81. The average molecular weight is 154 g/mol. The van der Waals surface area contributed by atoms with Gasteiger partial charge in [-0.05, 0) is 19.3 Å². The Balaban J connectivity index is 1.86. The van der Waals surface area contributed by atoms with Crippen molar-refractivity contribution in [2.45, 2.75) is 37.9 Å². The summed E-state index contributed by atoms with van der Waals surface area (Å²) < 4.78 is 5.62. The molecule has 0 bridgehead atoms. The van der Waals surface area contributed by atoms with E-state index < -0.39 is 0 Å². The van der Waals surface area contributed by atoms with Crippen molar-refractivity contribution in [3.8, 4) is 0 Å². The van der Waals surface area contributed by atoms with Gasteiger partial charge in [-0.25, -0.2) is 0 Å². The molecule has 0 aromatic rings. The van der Waals surface area contributed by atoms with Crippen LogP contribution in [-0.2, 0) is 4.74 Å². The first kappa shape index (κ1) is 6.44. The van der Waals surface area contributed by atoms with E-state index in [9.17, 15) is 5.11 Å². The minimum Gasteiger partial charge on any atom is -0.392 e. The molecular weight excluding hydrogens is 140 g/mol. The fourth-order valence-corrected chi connectivity index (χ4v) is 3.16. The number of hydrogen-bond acceptors (Lipinski definition) is 2. The van der Waals surface area contributed by atoms with Crippen molar-refractivity contribution in [1.29, 1.82) is 0 Å². The van der Waals surface area contributed by atoms with Gasteiger partial charge in [0.25, 0.3) is 0 Å². The summed E-state index contributed by atoms with van der Waals surface area (Å²) in [6.07, 6.45) is 5.21. The van der Waals surface area contributed by atoms with Gasteiger partial charge in [0, 0.05) is 17.9 Å². The van der Waals surface area contributed by atoms with Gasteiger partial charge in [0.1, 0.15) is 0 Å². The third-order valence-electron chi connectivity index (χ3n) is 3.98. The average Bonchev–Trinajstić information content (AvgIpc) is 2.29. The van der Waals surface area contributed by atoms with Gasteiger partial charge in [-0.1, -0.05) is 6.42 Å². The molecule has 2 saturated carbocycles. The van der Waals surface area contributed by atoms with Crippen LogP contribution in [0.3, 0.4) is 0 Å². The van der Waals surface area contributed by atoms with Crippen LogP contribution in [0.1, 0.15) is 25.7 Å². The largest absolute Gasteiger partial charge is 0.392 e. The van der Waals surface area contributed by atoms with Crippen molar-refractivity contribution in [1.82, 2.24) is 0 Å². The summed E-state index contributed by atoms with van der Waals surface area (Å²) in [5.41, 5.74) is 0.237. The molecule has 0 aromatic heterocycles.